The molecule has 1 nitrogen and oxygen atoms in total. The molecule has 0 aromatic heterocycles. The predicted molar refractivity (Wildman–Crippen MR) is 91.6 cm³/mol. The Balaban J connectivity index is 0.000000347. The molecular weight excluding hydrogens is 303 g/mol. The molecule has 2 rings (SSSR count). The second-order valence-corrected chi connectivity index (χ2v) is 7.76. The van der Waals surface area contributed by atoms with Crippen molar-refractivity contribution in [1.82, 2.24) is 5.32 Å². The van der Waals surface area contributed by atoms with Gasteiger partial charge in [0.2, 0.25) is 0 Å². The third-order valence-corrected chi connectivity index (χ3v) is 5.50. The van der Waals surface area contributed by atoms with Crippen molar-refractivity contribution in [3.8, 4) is 0 Å². The molecule has 0 unspecified atom stereocenters. The molecule has 0 heterocycles. The van der Waals surface area contributed by atoms with Crippen LogP contribution in [0, 0.1) is 13.8 Å². The Hall–Kier alpha value is -1.06. The molecule has 0 bridgehead atoms. The van der Waals surface area contributed by atoms with Crippen molar-refractivity contribution in [2.45, 2.75) is 27.7 Å². The summed E-state index contributed by atoms with van der Waals surface area (Å²) in [5.74, 6) is 0. The second-order valence-electron chi connectivity index (χ2n) is 4.81. The molecule has 2 aromatic rings. The summed E-state index contributed by atoms with van der Waals surface area (Å²) in [4.78, 5) is 0. The van der Waals surface area contributed by atoms with Gasteiger partial charge >= 0.3 is 97.7 Å². The Labute approximate surface area is 130 Å². The summed E-state index contributed by atoms with van der Waals surface area (Å²) in [7, 11) is 0. The number of nitrogens with one attached hydrogen (secondary N) is 1. The van der Waals surface area contributed by atoms with E-state index in [1.807, 2.05) is 0 Å². The zero-order valence-electron chi connectivity index (χ0n) is 13.0. The second kappa shape index (κ2) is 9.79. The van der Waals surface area contributed by atoms with Crippen LogP contribution in [-0.4, -0.2) is 28.5 Å². The van der Waals surface area contributed by atoms with Gasteiger partial charge in [0.15, 0.2) is 0 Å². The number of rotatable bonds is 4. The van der Waals surface area contributed by atoms with Crippen molar-refractivity contribution >= 4 is 24.2 Å². The molecule has 0 aliphatic heterocycles. The van der Waals surface area contributed by atoms with Gasteiger partial charge in [0.25, 0.3) is 0 Å². The van der Waals surface area contributed by atoms with Crippen LogP contribution in [0.25, 0.3) is 0 Å². The minimum atomic E-state index is -0.137. The third-order valence-electron chi connectivity index (χ3n) is 2.89. The molecule has 0 fully saturated rings. The quantitative estimate of drug-likeness (QED) is 0.851. The van der Waals surface area contributed by atoms with E-state index in [-0.39, 0.29) is 15.4 Å². The van der Waals surface area contributed by atoms with Crippen LogP contribution in [0.4, 0.5) is 0 Å². The van der Waals surface area contributed by atoms with Crippen LogP contribution in [0.1, 0.15) is 25.0 Å². The standard InChI is InChI=1S/C14H14Ge.C4H11N/c1-11-3-7-13(8-4-11)15-14-9-5-12(2)6-10-14;1-3-5-4-2/h3-10H,1-2H3;5H,3-4H2,1-2H3. The van der Waals surface area contributed by atoms with Crippen molar-refractivity contribution in [2.24, 2.45) is 0 Å². The van der Waals surface area contributed by atoms with Crippen LogP contribution in [0.3, 0.4) is 0 Å². The van der Waals surface area contributed by atoms with E-state index < -0.39 is 0 Å². The van der Waals surface area contributed by atoms with E-state index in [4.69, 9.17) is 0 Å². The van der Waals surface area contributed by atoms with Gasteiger partial charge < -0.3 is 5.32 Å². The molecule has 0 aliphatic carbocycles. The monoisotopic (exact) mass is 329 g/mol. The molecule has 2 aromatic carbocycles. The molecule has 2 heteroatoms. The van der Waals surface area contributed by atoms with Crippen molar-refractivity contribution in [1.29, 1.82) is 0 Å². The molecule has 0 spiro atoms. The van der Waals surface area contributed by atoms with Crippen LogP contribution in [-0.2, 0) is 0 Å². The Morgan fingerprint density at radius 2 is 1.05 bits per heavy atom. The van der Waals surface area contributed by atoms with E-state index in [1.165, 1.54) is 19.9 Å². The molecule has 2 radical (unpaired) electrons. The first-order valence-electron chi connectivity index (χ1n) is 7.26. The van der Waals surface area contributed by atoms with Crippen LogP contribution in [0.2, 0.25) is 0 Å². The molecular formula is C18H25GeN. The zero-order chi connectivity index (χ0) is 14.8. The van der Waals surface area contributed by atoms with Crippen molar-refractivity contribution in [3.05, 3.63) is 59.7 Å². The van der Waals surface area contributed by atoms with E-state index in [1.54, 1.807) is 0 Å². The van der Waals surface area contributed by atoms with E-state index in [0.29, 0.717) is 0 Å². The van der Waals surface area contributed by atoms with Crippen LogP contribution >= 0.6 is 0 Å². The van der Waals surface area contributed by atoms with Crippen molar-refractivity contribution < 1.29 is 0 Å². The average Bonchev–Trinajstić information content (AvgIpc) is 2.45. The van der Waals surface area contributed by atoms with Crippen LogP contribution in [0.15, 0.2) is 48.5 Å². The minimum absolute atomic E-state index is 0.137. The molecule has 20 heavy (non-hydrogen) atoms. The first-order chi connectivity index (χ1) is 9.65. The maximum absolute atomic E-state index is 3.11. The van der Waals surface area contributed by atoms with Crippen molar-refractivity contribution in [2.75, 3.05) is 13.1 Å². The van der Waals surface area contributed by atoms with Gasteiger partial charge in [-0.1, -0.05) is 13.8 Å². The summed E-state index contributed by atoms with van der Waals surface area (Å²) in [6.07, 6.45) is 0. The molecule has 0 atom stereocenters. The number of benzene rings is 2. The Bertz CT molecular complexity index is 428. The molecule has 0 saturated heterocycles. The summed E-state index contributed by atoms with van der Waals surface area (Å²) >= 11 is -0.137. The number of aryl methyl sites for hydroxylation is 2. The van der Waals surface area contributed by atoms with Gasteiger partial charge in [-0.2, -0.15) is 0 Å². The summed E-state index contributed by atoms with van der Waals surface area (Å²) in [6, 6.07) is 17.8. The van der Waals surface area contributed by atoms with Gasteiger partial charge in [-0.05, 0) is 13.1 Å². The van der Waals surface area contributed by atoms with E-state index in [2.05, 4.69) is 81.5 Å². The van der Waals surface area contributed by atoms with Gasteiger partial charge in [0.1, 0.15) is 0 Å². The van der Waals surface area contributed by atoms with Gasteiger partial charge in [-0.25, -0.2) is 0 Å². The molecule has 106 valence electrons. The van der Waals surface area contributed by atoms with Gasteiger partial charge in [0.05, 0.1) is 0 Å². The summed E-state index contributed by atoms with van der Waals surface area (Å²) < 4.78 is 3.01. The van der Waals surface area contributed by atoms with E-state index in [0.717, 1.165) is 13.1 Å². The Morgan fingerprint density at radius 3 is 1.30 bits per heavy atom. The normalized spacial score (nSPS) is 9.80. The van der Waals surface area contributed by atoms with E-state index in [9.17, 15) is 0 Å². The first-order valence-corrected chi connectivity index (χ1v) is 9.36. The fourth-order valence-corrected chi connectivity index (χ4v) is 3.79. The SMILES string of the molecule is CCNCC.Cc1cc[c]([Ge][c]2ccc(C)cc2)cc1. The summed E-state index contributed by atoms with van der Waals surface area (Å²) in [5.41, 5.74) is 2.68. The topological polar surface area (TPSA) is 12.0 Å². The fraction of sp³-hybridized carbons (Fsp3) is 0.333. The molecule has 0 saturated carbocycles. The van der Waals surface area contributed by atoms with Gasteiger partial charge in [0, 0.05) is 0 Å². The van der Waals surface area contributed by atoms with Crippen LogP contribution < -0.4 is 14.1 Å². The Morgan fingerprint density at radius 1 is 0.700 bits per heavy atom. The number of hydrogen-bond donors (Lipinski definition) is 1. The Kier molecular flexibility index (Phi) is 8.32. The molecule has 0 aliphatic rings. The maximum atomic E-state index is 3.11. The summed E-state index contributed by atoms with van der Waals surface area (Å²) in [5, 5.41) is 3.11. The van der Waals surface area contributed by atoms with Gasteiger partial charge in [-0.15, -0.1) is 0 Å². The molecule has 0 amide bonds. The summed E-state index contributed by atoms with van der Waals surface area (Å²) in [6.45, 7) is 10.7. The third kappa shape index (κ3) is 6.92. The van der Waals surface area contributed by atoms with Crippen LogP contribution in [0.5, 0.6) is 0 Å². The van der Waals surface area contributed by atoms with Crippen molar-refractivity contribution in [3.63, 3.8) is 0 Å². The fourth-order valence-electron chi connectivity index (χ4n) is 1.69. The zero-order valence-corrected chi connectivity index (χ0v) is 15.1. The first kappa shape index (κ1) is 17.0. The van der Waals surface area contributed by atoms with E-state index >= 15 is 0 Å². The predicted octanol–water partition coefficient (Wildman–Crippen LogP) is 2.57. The van der Waals surface area contributed by atoms with Gasteiger partial charge in [-0.3, -0.25) is 0 Å². The number of hydrogen-bond acceptors (Lipinski definition) is 1. The average molecular weight is 328 g/mol. The molecule has 1 N–H and O–H groups in total.